The van der Waals surface area contributed by atoms with E-state index in [1.54, 1.807) is 12.1 Å². The first-order valence-corrected chi connectivity index (χ1v) is 5.25. The maximum absolute atomic E-state index is 13.0. The number of carbonyl (C=O) groups is 1. The molecule has 0 saturated heterocycles. The van der Waals surface area contributed by atoms with E-state index >= 15 is 0 Å². The van der Waals surface area contributed by atoms with Crippen LogP contribution in [0.3, 0.4) is 0 Å². The normalized spacial score (nSPS) is 11.3. The molecule has 2 nitrogen and oxygen atoms in total. The molecule has 3 aromatic rings. The van der Waals surface area contributed by atoms with Crippen molar-refractivity contribution in [2.75, 3.05) is 0 Å². The molecule has 0 saturated carbocycles. The third kappa shape index (κ3) is 1.18. The van der Waals surface area contributed by atoms with Gasteiger partial charge in [0.1, 0.15) is 5.82 Å². The number of aromatic amines is 1. The molecule has 4 heteroatoms. The van der Waals surface area contributed by atoms with Gasteiger partial charge in [-0.15, -0.1) is 11.3 Å². The first kappa shape index (κ1) is 8.61. The van der Waals surface area contributed by atoms with Crippen LogP contribution >= 0.6 is 11.3 Å². The Morgan fingerprint density at radius 2 is 2.13 bits per heavy atom. The van der Waals surface area contributed by atoms with Crippen LogP contribution in [0.1, 0.15) is 10.5 Å². The maximum Gasteiger partial charge on any atom is 0.166 e. The first-order valence-electron chi connectivity index (χ1n) is 4.44. The van der Waals surface area contributed by atoms with Gasteiger partial charge in [0.15, 0.2) is 6.29 Å². The van der Waals surface area contributed by atoms with Crippen molar-refractivity contribution in [2.45, 2.75) is 0 Å². The minimum atomic E-state index is -0.234. The summed E-state index contributed by atoms with van der Waals surface area (Å²) in [7, 11) is 0. The molecule has 1 aromatic carbocycles. The number of aldehydes is 1. The second-order valence-electron chi connectivity index (χ2n) is 3.32. The number of rotatable bonds is 1. The standard InChI is InChI=1S/C11H6FNOS/c12-6-1-2-8-9(3-6)15-10-4-7(5-14)13-11(8)10/h1-5,13H. The monoisotopic (exact) mass is 219 g/mol. The van der Waals surface area contributed by atoms with E-state index in [1.165, 1.54) is 23.5 Å². The van der Waals surface area contributed by atoms with Crippen LogP contribution in [0.15, 0.2) is 24.3 Å². The summed E-state index contributed by atoms with van der Waals surface area (Å²) < 4.78 is 14.8. The molecule has 0 aliphatic heterocycles. The predicted octanol–water partition coefficient (Wildman–Crippen LogP) is 3.33. The number of carbonyl (C=O) groups excluding carboxylic acids is 1. The summed E-state index contributed by atoms with van der Waals surface area (Å²) in [6.07, 6.45) is 0.780. The lowest BCUT2D eigenvalue weighted by atomic mass is 10.2. The van der Waals surface area contributed by atoms with Gasteiger partial charge in [-0.05, 0) is 24.3 Å². The summed E-state index contributed by atoms with van der Waals surface area (Å²) >= 11 is 1.48. The zero-order valence-electron chi connectivity index (χ0n) is 7.58. The molecule has 74 valence electrons. The average Bonchev–Trinajstić information content (AvgIpc) is 2.73. The topological polar surface area (TPSA) is 32.9 Å². The molecule has 0 amide bonds. The highest BCUT2D eigenvalue weighted by atomic mass is 32.1. The van der Waals surface area contributed by atoms with E-state index in [4.69, 9.17) is 0 Å². The number of hydrogen-bond donors (Lipinski definition) is 1. The Bertz CT molecular complexity index is 668. The van der Waals surface area contributed by atoms with Crippen molar-refractivity contribution in [2.24, 2.45) is 0 Å². The molecule has 15 heavy (non-hydrogen) atoms. The largest absolute Gasteiger partial charge is 0.351 e. The van der Waals surface area contributed by atoms with Gasteiger partial charge in [-0.3, -0.25) is 4.79 Å². The van der Waals surface area contributed by atoms with E-state index in [-0.39, 0.29) is 5.82 Å². The number of nitrogens with one attached hydrogen (secondary N) is 1. The molecule has 0 bridgehead atoms. The van der Waals surface area contributed by atoms with Crippen LogP contribution in [0.5, 0.6) is 0 Å². The Labute approximate surface area is 88.3 Å². The van der Waals surface area contributed by atoms with Gasteiger partial charge in [-0.2, -0.15) is 0 Å². The van der Waals surface area contributed by atoms with Gasteiger partial charge in [-0.25, -0.2) is 4.39 Å². The van der Waals surface area contributed by atoms with Gasteiger partial charge in [0, 0.05) is 10.1 Å². The molecule has 2 aromatic heterocycles. The molecular formula is C11H6FNOS. The lowest BCUT2D eigenvalue weighted by Gasteiger charge is -1.89. The molecule has 0 atom stereocenters. The molecule has 0 aliphatic carbocycles. The van der Waals surface area contributed by atoms with Gasteiger partial charge in [0.05, 0.1) is 15.9 Å². The molecule has 3 rings (SSSR count). The van der Waals surface area contributed by atoms with E-state index < -0.39 is 0 Å². The smallest absolute Gasteiger partial charge is 0.166 e. The summed E-state index contributed by atoms with van der Waals surface area (Å²) in [5.41, 5.74) is 1.47. The number of fused-ring (bicyclic) bond motifs is 3. The van der Waals surface area contributed by atoms with Crippen LogP contribution in [0.2, 0.25) is 0 Å². The third-order valence-electron chi connectivity index (χ3n) is 2.36. The van der Waals surface area contributed by atoms with Crippen LogP contribution in [-0.4, -0.2) is 11.3 Å². The summed E-state index contributed by atoms with van der Waals surface area (Å²) in [5.74, 6) is -0.234. The first-order chi connectivity index (χ1) is 7.28. The fourth-order valence-electron chi connectivity index (χ4n) is 1.71. The quantitative estimate of drug-likeness (QED) is 0.625. The molecule has 0 fully saturated rings. The molecule has 2 heterocycles. The molecule has 1 N–H and O–H groups in total. The number of aromatic nitrogens is 1. The van der Waals surface area contributed by atoms with Crippen molar-refractivity contribution < 1.29 is 9.18 Å². The van der Waals surface area contributed by atoms with E-state index in [9.17, 15) is 9.18 Å². The van der Waals surface area contributed by atoms with Crippen molar-refractivity contribution in [1.29, 1.82) is 0 Å². The minimum absolute atomic E-state index is 0.234. The molecule has 0 aliphatic rings. The van der Waals surface area contributed by atoms with Gasteiger partial charge >= 0.3 is 0 Å². The fourth-order valence-corrected chi connectivity index (χ4v) is 2.84. The van der Waals surface area contributed by atoms with Crippen molar-refractivity contribution in [3.8, 4) is 0 Å². The third-order valence-corrected chi connectivity index (χ3v) is 3.46. The van der Waals surface area contributed by atoms with Crippen LogP contribution in [0, 0.1) is 5.82 Å². The number of halogens is 1. The van der Waals surface area contributed by atoms with Crippen LogP contribution in [0.4, 0.5) is 4.39 Å². The SMILES string of the molecule is O=Cc1cc2sc3cc(F)ccc3c2[nH]1. The Morgan fingerprint density at radius 1 is 1.27 bits per heavy atom. The van der Waals surface area contributed by atoms with E-state index in [1.807, 2.05) is 0 Å². The van der Waals surface area contributed by atoms with E-state index in [2.05, 4.69) is 4.98 Å². The maximum atomic E-state index is 13.0. The summed E-state index contributed by atoms with van der Waals surface area (Å²) in [6, 6.07) is 6.45. The Hall–Kier alpha value is -1.68. The lowest BCUT2D eigenvalue weighted by molar-refractivity contribution is 0.112. The second kappa shape index (κ2) is 2.90. The molecular weight excluding hydrogens is 213 g/mol. The van der Waals surface area contributed by atoms with Gasteiger partial charge in [0.25, 0.3) is 0 Å². The number of hydrogen-bond acceptors (Lipinski definition) is 2. The van der Waals surface area contributed by atoms with Gasteiger partial charge < -0.3 is 4.98 Å². The highest BCUT2D eigenvalue weighted by Gasteiger charge is 2.08. The second-order valence-corrected chi connectivity index (χ2v) is 4.41. The Morgan fingerprint density at radius 3 is 2.93 bits per heavy atom. The average molecular weight is 219 g/mol. The van der Waals surface area contributed by atoms with Crippen molar-refractivity contribution in [3.05, 3.63) is 35.8 Å². The summed E-state index contributed by atoms with van der Waals surface area (Å²) in [6.45, 7) is 0. The van der Waals surface area contributed by atoms with Crippen molar-refractivity contribution >= 4 is 37.9 Å². The Kier molecular flexibility index (Phi) is 1.67. The zero-order valence-corrected chi connectivity index (χ0v) is 8.40. The summed E-state index contributed by atoms with van der Waals surface area (Å²) in [5, 5.41) is 0.963. The fraction of sp³-hybridized carbons (Fsp3) is 0. The number of thiophene rings is 1. The van der Waals surface area contributed by atoms with E-state index in [0.717, 1.165) is 26.6 Å². The Balaban J connectivity index is 2.45. The molecule has 0 radical (unpaired) electrons. The summed E-state index contributed by atoms with van der Waals surface area (Å²) in [4.78, 5) is 13.6. The predicted molar refractivity (Wildman–Crippen MR) is 59.0 cm³/mol. The number of benzene rings is 1. The highest BCUT2D eigenvalue weighted by molar-refractivity contribution is 7.25. The van der Waals surface area contributed by atoms with Gasteiger partial charge in [-0.1, -0.05) is 0 Å². The van der Waals surface area contributed by atoms with Crippen molar-refractivity contribution in [3.63, 3.8) is 0 Å². The van der Waals surface area contributed by atoms with Crippen LogP contribution in [0.25, 0.3) is 20.3 Å². The van der Waals surface area contributed by atoms with E-state index in [0.29, 0.717) is 5.69 Å². The van der Waals surface area contributed by atoms with Crippen molar-refractivity contribution in [1.82, 2.24) is 4.98 Å². The molecule has 0 spiro atoms. The zero-order chi connectivity index (χ0) is 10.4. The van der Waals surface area contributed by atoms with Crippen LogP contribution < -0.4 is 0 Å². The lowest BCUT2D eigenvalue weighted by Crippen LogP contribution is -1.76. The van der Waals surface area contributed by atoms with Gasteiger partial charge in [0.2, 0.25) is 0 Å². The molecule has 0 unspecified atom stereocenters. The highest BCUT2D eigenvalue weighted by Crippen LogP contribution is 2.33. The van der Waals surface area contributed by atoms with Crippen LogP contribution in [-0.2, 0) is 0 Å². The number of H-pyrrole nitrogens is 1. The minimum Gasteiger partial charge on any atom is -0.351 e.